The number of nitrogens with zero attached hydrogens (tertiary/aromatic N) is 6. The molecule has 0 saturated heterocycles. The summed E-state index contributed by atoms with van der Waals surface area (Å²) in [6.45, 7) is 0. The molecule has 0 N–H and O–H groups in total. The van der Waals surface area contributed by atoms with Gasteiger partial charge in [-0.1, -0.05) is 23.2 Å². The second-order valence-corrected chi connectivity index (χ2v) is 5.19. The molecule has 6 nitrogen and oxygen atoms in total. The van der Waals surface area contributed by atoms with E-state index in [0.29, 0.717) is 0 Å². The monoisotopic (exact) mass is 290 g/mol. The van der Waals surface area contributed by atoms with Crippen LogP contribution in [0.3, 0.4) is 0 Å². The predicted molar refractivity (Wildman–Crippen MR) is 78.5 cm³/mol. The number of alkyl halides is 2. The summed E-state index contributed by atoms with van der Waals surface area (Å²) in [7, 11) is 7.37. The Balaban J connectivity index is 2.80. The van der Waals surface area contributed by atoms with E-state index >= 15 is 0 Å². The van der Waals surface area contributed by atoms with Gasteiger partial charge in [0, 0.05) is 28.2 Å². The van der Waals surface area contributed by atoms with Gasteiger partial charge in [-0.2, -0.15) is 0 Å². The van der Waals surface area contributed by atoms with Crippen molar-refractivity contribution in [2.75, 3.05) is 28.2 Å². The van der Waals surface area contributed by atoms with Gasteiger partial charge in [0.05, 0.1) is 18.9 Å². The largest absolute Gasteiger partial charge is 0.369 e. The van der Waals surface area contributed by atoms with E-state index in [-0.39, 0.29) is 5.96 Å². The molecule has 0 aromatic rings. The first kappa shape index (κ1) is 14.9. The highest BCUT2D eigenvalue weighted by Crippen LogP contribution is 2.28. The second kappa shape index (κ2) is 6.15. The van der Waals surface area contributed by atoms with Gasteiger partial charge in [0.25, 0.3) is 0 Å². The molecule has 0 radical (unpaired) electrons. The van der Waals surface area contributed by atoms with Gasteiger partial charge in [0.15, 0.2) is 5.50 Å². The standard InChI is InChI=1S/C10H16Cl2N6/c1-17(2)6-14-9-13-5-10(12,8(11)16-9)15-7-18(3)4/h5-8H,1-4H3. The average molecular weight is 291 g/mol. The second-order valence-electron chi connectivity index (χ2n) is 4.17. The summed E-state index contributed by atoms with van der Waals surface area (Å²) in [5.74, 6) is 0.278. The van der Waals surface area contributed by atoms with E-state index in [4.69, 9.17) is 23.2 Å². The van der Waals surface area contributed by atoms with Gasteiger partial charge in [-0.3, -0.25) is 0 Å². The summed E-state index contributed by atoms with van der Waals surface area (Å²) in [4.78, 5) is 18.7. The molecule has 100 valence electrons. The molecule has 8 heteroatoms. The highest BCUT2D eigenvalue weighted by Gasteiger charge is 2.36. The molecule has 2 unspecified atom stereocenters. The van der Waals surface area contributed by atoms with E-state index in [2.05, 4.69) is 20.0 Å². The van der Waals surface area contributed by atoms with Crippen molar-refractivity contribution in [1.29, 1.82) is 0 Å². The molecular formula is C10H16Cl2N6. The van der Waals surface area contributed by atoms with Crippen molar-refractivity contribution >= 4 is 48.1 Å². The lowest BCUT2D eigenvalue weighted by atomic mass is 10.3. The van der Waals surface area contributed by atoms with Crippen molar-refractivity contribution in [3.05, 3.63) is 0 Å². The fourth-order valence-corrected chi connectivity index (χ4v) is 1.31. The molecule has 1 aliphatic rings. The lowest BCUT2D eigenvalue weighted by Gasteiger charge is -2.24. The zero-order valence-corrected chi connectivity index (χ0v) is 12.3. The summed E-state index contributed by atoms with van der Waals surface area (Å²) < 4.78 is 0. The van der Waals surface area contributed by atoms with Crippen LogP contribution in [0.4, 0.5) is 0 Å². The maximum absolute atomic E-state index is 6.22. The molecule has 1 rings (SSSR count). The van der Waals surface area contributed by atoms with Gasteiger partial charge in [0.2, 0.25) is 11.0 Å². The third kappa shape index (κ3) is 4.27. The summed E-state index contributed by atoms with van der Waals surface area (Å²) in [6.07, 6.45) is 4.60. The number of rotatable bonds is 3. The van der Waals surface area contributed by atoms with Crippen LogP contribution in [0, 0.1) is 0 Å². The topological polar surface area (TPSA) is 55.9 Å². The van der Waals surface area contributed by atoms with Crippen LogP contribution in [0.1, 0.15) is 0 Å². The van der Waals surface area contributed by atoms with Crippen LogP contribution >= 0.6 is 23.2 Å². The first-order valence-corrected chi connectivity index (χ1v) is 6.03. The Hall–Kier alpha value is -1.14. The van der Waals surface area contributed by atoms with E-state index in [9.17, 15) is 0 Å². The smallest absolute Gasteiger partial charge is 0.247 e. The van der Waals surface area contributed by atoms with E-state index in [0.717, 1.165) is 0 Å². The van der Waals surface area contributed by atoms with Gasteiger partial charge in [-0.25, -0.2) is 20.0 Å². The fraction of sp³-hybridized carbons (Fsp3) is 0.600. The Morgan fingerprint density at radius 2 is 1.89 bits per heavy atom. The zero-order valence-electron chi connectivity index (χ0n) is 10.7. The molecule has 1 aliphatic heterocycles. The van der Waals surface area contributed by atoms with Gasteiger partial charge >= 0.3 is 0 Å². The van der Waals surface area contributed by atoms with Gasteiger partial charge < -0.3 is 9.80 Å². The van der Waals surface area contributed by atoms with E-state index < -0.39 is 10.5 Å². The van der Waals surface area contributed by atoms with E-state index in [1.165, 1.54) is 6.21 Å². The van der Waals surface area contributed by atoms with Crippen LogP contribution in [-0.4, -0.2) is 73.3 Å². The quantitative estimate of drug-likeness (QED) is 0.338. The third-order valence-electron chi connectivity index (χ3n) is 1.81. The fourth-order valence-electron chi connectivity index (χ4n) is 0.968. The lowest BCUT2D eigenvalue weighted by molar-refractivity contribution is 0.625. The first-order valence-electron chi connectivity index (χ1n) is 5.22. The average Bonchev–Trinajstić information content (AvgIpc) is 2.28. The van der Waals surface area contributed by atoms with Gasteiger partial charge in [-0.05, 0) is 0 Å². The molecule has 18 heavy (non-hydrogen) atoms. The van der Waals surface area contributed by atoms with Crippen molar-refractivity contribution in [2.24, 2.45) is 20.0 Å². The molecule has 0 aromatic heterocycles. The molecule has 2 atom stereocenters. The molecular weight excluding hydrogens is 275 g/mol. The Bertz CT molecular complexity index is 401. The number of aliphatic imine (C=N–C) groups is 4. The SMILES string of the molecule is CN(C)C=NC1=NC(Cl)C(Cl)(N=CN(C)C)C=N1. The van der Waals surface area contributed by atoms with Crippen LogP contribution in [0.2, 0.25) is 0 Å². The van der Waals surface area contributed by atoms with Crippen molar-refractivity contribution in [3.8, 4) is 0 Å². The molecule has 0 fully saturated rings. The lowest BCUT2D eigenvalue weighted by Crippen LogP contribution is -2.36. The Kier molecular flexibility index (Phi) is 5.10. The number of hydrogen-bond acceptors (Lipinski definition) is 4. The van der Waals surface area contributed by atoms with Gasteiger partial charge in [-0.15, -0.1) is 0 Å². The van der Waals surface area contributed by atoms with Crippen molar-refractivity contribution < 1.29 is 0 Å². The van der Waals surface area contributed by atoms with Crippen molar-refractivity contribution in [1.82, 2.24) is 9.80 Å². The molecule has 0 aliphatic carbocycles. The first-order chi connectivity index (χ1) is 8.33. The summed E-state index contributed by atoms with van der Waals surface area (Å²) in [5, 5.41) is 0. The highest BCUT2D eigenvalue weighted by molar-refractivity contribution is 6.40. The van der Waals surface area contributed by atoms with Crippen molar-refractivity contribution in [3.63, 3.8) is 0 Å². The van der Waals surface area contributed by atoms with Crippen LogP contribution in [-0.2, 0) is 0 Å². The summed E-state index contributed by atoms with van der Waals surface area (Å²) in [5.41, 5.74) is -0.748. The van der Waals surface area contributed by atoms with Crippen LogP contribution in [0.25, 0.3) is 0 Å². The maximum Gasteiger partial charge on any atom is 0.247 e. The van der Waals surface area contributed by atoms with Crippen LogP contribution < -0.4 is 0 Å². The van der Waals surface area contributed by atoms with Gasteiger partial charge in [0.1, 0.15) is 0 Å². The highest BCUT2D eigenvalue weighted by atomic mass is 35.5. The molecule has 0 aromatic carbocycles. The Morgan fingerprint density at radius 1 is 1.28 bits per heavy atom. The summed E-state index contributed by atoms with van der Waals surface area (Å²) >= 11 is 12.3. The van der Waals surface area contributed by atoms with Crippen molar-refractivity contribution in [2.45, 2.75) is 10.5 Å². The molecule has 0 bridgehead atoms. The third-order valence-corrected chi connectivity index (χ3v) is 2.76. The number of hydrogen-bond donors (Lipinski definition) is 0. The van der Waals surface area contributed by atoms with E-state index in [1.807, 2.05) is 28.2 Å². The molecule has 0 amide bonds. The maximum atomic E-state index is 6.22. The number of halogens is 2. The minimum atomic E-state index is -1.16. The minimum Gasteiger partial charge on any atom is -0.369 e. The molecule has 0 saturated carbocycles. The molecule has 1 heterocycles. The Labute approximate surface area is 117 Å². The van der Waals surface area contributed by atoms with E-state index in [1.54, 1.807) is 22.5 Å². The summed E-state index contributed by atoms with van der Waals surface area (Å²) in [6, 6.07) is 0. The Morgan fingerprint density at radius 3 is 2.39 bits per heavy atom. The predicted octanol–water partition coefficient (Wildman–Crippen LogP) is 1.11. The molecule has 0 spiro atoms. The van der Waals surface area contributed by atoms with Crippen LogP contribution in [0.5, 0.6) is 0 Å². The normalized spacial score (nSPS) is 27.9. The zero-order chi connectivity index (χ0) is 13.8. The minimum absolute atomic E-state index is 0.278. The van der Waals surface area contributed by atoms with Crippen LogP contribution in [0.15, 0.2) is 20.0 Å². The number of guanidine groups is 1.